The van der Waals surface area contributed by atoms with E-state index < -0.39 is 0 Å². The van der Waals surface area contributed by atoms with Crippen LogP contribution in [-0.2, 0) is 14.3 Å². The summed E-state index contributed by atoms with van der Waals surface area (Å²) >= 11 is 0. The Bertz CT molecular complexity index is 396. The van der Waals surface area contributed by atoms with Gasteiger partial charge in [-0.2, -0.15) is 0 Å². The molecule has 0 unspecified atom stereocenters. The average molecular weight is 354 g/mol. The molecular weight excluding hydrogens is 320 g/mol. The summed E-state index contributed by atoms with van der Waals surface area (Å²) < 4.78 is 10.7. The number of amides is 1. The highest BCUT2D eigenvalue weighted by molar-refractivity contribution is 5.75. The number of carbonyl (C=O) groups is 1. The molecule has 144 valence electrons. The van der Waals surface area contributed by atoms with Crippen LogP contribution in [-0.4, -0.2) is 45.4 Å². The van der Waals surface area contributed by atoms with E-state index in [1.807, 2.05) is 6.92 Å². The van der Waals surface area contributed by atoms with Crippen LogP contribution in [0.5, 0.6) is 0 Å². The Labute approximate surface area is 151 Å². The molecule has 0 bridgehead atoms. The number of azide groups is 1. The lowest BCUT2D eigenvalue weighted by Gasteiger charge is -2.07. The van der Waals surface area contributed by atoms with Crippen molar-refractivity contribution >= 4 is 5.91 Å². The summed E-state index contributed by atoms with van der Waals surface area (Å²) in [6.07, 6.45) is 8.17. The fourth-order valence-corrected chi connectivity index (χ4v) is 2.21. The van der Waals surface area contributed by atoms with E-state index in [2.05, 4.69) is 21.9 Å². The van der Waals surface area contributed by atoms with Crippen LogP contribution in [0.4, 0.5) is 0 Å². The fourth-order valence-electron chi connectivity index (χ4n) is 2.21. The predicted molar refractivity (Wildman–Crippen MR) is 100 cm³/mol. The molecule has 0 fully saturated rings. The molecule has 0 saturated carbocycles. The van der Waals surface area contributed by atoms with Gasteiger partial charge in [-0.3, -0.25) is 4.79 Å². The second kappa shape index (κ2) is 18.8. The minimum absolute atomic E-state index is 0.0940. The Hall–Kier alpha value is -1.56. The van der Waals surface area contributed by atoms with Crippen molar-refractivity contribution in [1.29, 1.82) is 0 Å². The van der Waals surface area contributed by atoms with Crippen LogP contribution in [0, 0.1) is 0 Å². The van der Waals surface area contributed by atoms with Crippen molar-refractivity contribution in [2.45, 2.75) is 58.3 Å². The number of unbranched alkanes of at least 4 members (excludes halogenated alkanes) is 6. The van der Waals surface area contributed by atoms with Crippen molar-refractivity contribution in [3.8, 4) is 0 Å². The molecule has 0 aliphatic heterocycles. The van der Waals surface area contributed by atoms with Gasteiger partial charge in [0.1, 0.15) is 0 Å². The monoisotopic (exact) mass is 354 g/mol. The molecule has 0 radical (unpaired) electrons. The van der Waals surface area contributed by atoms with Crippen LogP contribution in [0.15, 0.2) is 17.3 Å². The van der Waals surface area contributed by atoms with Crippen molar-refractivity contribution in [2.24, 2.45) is 5.11 Å². The van der Waals surface area contributed by atoms with Crippen LogP contribution in [0.2, 0.25) is 0 Å². The second-order valence-corrected chi connectivity index (χ2v) is 6.15. The van der Waals surface area contributed by atoms with Crippen molar-refractivity contribution in [1.82, 2.24) is 5.32 Å². The molecule has 0 atom stereocenters. The van der Waals surface area contributed by atoms with Crippen LogP contribution in [0.1, 0.15) is 58.3 Å². The van der Waals surface area contributed by atoms with Crippen LogP contribution in [0.25, 0.3) is 10.4 Å². The van der Waals surface area contributed by atoms with Crippen LogP contribution in [0.3, 0.4) is 0 Å². The molecule has 1 amide bonds. The van der Waals surface area contributed by atoms with Gasteiger partial charge < -0.3 is 14.8 Å². The predicted octanol–water partition coefficient (Wildman–Crippen LogP) is 4.14. The topological polar surface area (TPSA) is 96.3 Å². The first kappa shape index (κ1) is 23.4. The Balaban J connectivity index is 3.20. The number of carbonyl (C=O) groups excluding carboxylic acids is 1. The minimum Gasteiger partial charge on any atom is -0.377 e. The third kappa shape index (κ3) is 20.4. The maximum atomic E-state index is 11.6. The lowest BCUT2D eigenvalue weighted by Crippen LogP contribution is -2.27. The van der Waals surface area contributed by atoms with Gasteiger partial charge in [-0.05, 0) is 25.3 Å². The first-order chi connectivity index (χ1) is 12.2. The van der Waals surface area contributed by atoms with Gasteiger partial charge in [-0.1, -0.05) is 49.4 Å². The van der Waals surface area contributed by atoms with E-state index in [4.69, 9.17) is 15.0 Å². The highest BCUT2D eigenvalue weighted by Gasteiger charge is 2.00. The van der Waals surface area contributed by atoms with Crippen molar-refractivity contribution in [2.75, 3.05) is 39.5 Å². The summed E-state index contributed by atoms with van der Waals surface area (Å²) in [5.41, 5.74) is 9.15. The number of ether oxygens (including phenoxy) is 2. The first-order valence-electron chi connectivity index (χ1n) is 9.24. The lowest BCUT2D eigenvalue weighted by molar-refractivity contribution is -0.121. The van der Waals surface area contributed by atoms with Gasteiger partial charge in [0.05, 0.1) is 26.4 Å². The Morgan fingerprint density at radius 3 is 2.36 bits per heavy atom. The molecule has 0 aromatic carbocycles. The quantitative estimate of drug-likeness (QED) is 0.132. The fraction of sp³-hybridized carbons (Fsp3) is 0.833. The zero-order valence-electron chi connectivity index (χ0n) is 15.7. The van der Waals surface area contributed by atoms with E-state index in [-0.39, 0.29) is 5.91 Å². The van der Waals surface area contributed by atoms with E-state index in [1.54, 1.807) is 0 Å². The zero-order valence-corrected chi connectivity index (χ0v) is 15.7. The summed E-state index contributed by atoms with van der Waals surface area (Å²) in [6.45, 7) is 8.98. The zero-order chi connectivity index (χ0) is 18.6. The molecule has 0 aromatic heterocycles. The number of hydrogen-bond donors (Lipinski definition) is 1. The third-order valence-corrected chi connectivity index (χ3v) is 3.51. The Kier molecular flexibility index (Phi) is 17.6. The molecule has 0 saturated heterocycles. The third-order valence-electron chi connectivity index (χ3n) is 3.51. The van der Waals surface area contributed by atoms with Crippen LogP contribution >= 0.6 is 0 Å². The normalized spacial score (nSPS) is 10.3. The Morgan fingerprint density at radius 1 is 1.04 bits per heavy atom. The van der Waals surface area contributed by atoms with E-state index in [0.717, 1.165) is 37.7 Å². The molecule has 1 N–H and O–H groups in total. The maximum absolute atomic E-state index is 11.6. The Morgan fingerprint density at radius 2 is 1.68 bits per heavy atom. The molecule has 7 nitrogen and oxygen atoms in total. The molecule has 0 spiro atoms. The molecule has 0 aliphatic carbocycles. The SMILES string of the molecule is C=C(C)COCCOCCNC(=O)CCCCCCCCCN=[N+]=[N-]. The summed E-state index contributed by atoms with van der Waals surface area (Å²) in [5, 5.41) is 6.38. The first-order valence-corrected chi connectivity index (χ1v) is 9.24. The van der Waals surface area contributed by atoms with Crippen molar-refractivity contribution in [3.63, 3.8) is 0 Å². The van der Waals surface area contributed by atoms with Crippen LogP contribution < -0.4 is 5.32 Å². The van der Waals surface area contributed by atoms with Gasteiger partial charge in [-0.15, -0.1) is 0 Å². The summed E-state index contributed by atoms with van der Waals surface area (Å²) in [7, 11) is 0. The molecule has 0 rings (SSSR count). The molecule has 0 aromatic rings. The molecular formula is C18H34N4O3. The molecule has 25 heavy (non-hydrogen) atoms. The lowest BCUT2D eigenvalue weighted by atomic mass is 10.1. The van der Waals surface area contributed by atoms with Gasteiger partial charge in [0.25, 0.3) is 0 Å². The molecule has 0 heterocycles. The van der Waals surface area contributed by atoms with E-state index >= 15 is 0 Å². The van der Waals surface area contributed by atoms with Gasteiger partial charge in [0, 0.05) is 24.4 Å². The van der Waals surface area contributed by atoms with E-state index in [1.165, 1.54) is 12.8 Å². The largest absolute Gasteiger partial charge is 0.377 e. The molecule has 7 heteroatoms. The number of hydrogen-bond acceptors (Lipinski definition) is 4. The van der Waals surface area contributed by atoms with E-state index in [9.17, 15) is 4.79 Å². The summed E-state index contributed by atoms with van der Waals surface area (Å²) in [5.74, 6) is 0.0940. The van der Waals surface area contributed by atoms with Crippen molar-refractivity contribution < 1.29 is 14.3 Å². The smallest absolute Gasteiger partial charge is 0.220 e. The summed E-state index contributed by atoms with van der Waals surface area (Å²) in [6, 6.07) is 0. The summed E-state index contributed by atoms with van der Waals surface area (Å²) in [4.78, 5) is 14.4. The average Bonchev–Trinajstić information content (AvgIpc) is 2.58. The van der Waals surface area contributed by atoms with Crippen molar-refractivity contribution in [3.05, 3.63) is 22.6 Å². The number of nitrogens with zero attached hydrogens (tertiary/aromatic N) is 3. The van der Waals surface area contributed by atoms with E-state index in [0.29, 0.717) is 45.9 Å². The second-order valence-electron chi connectivity index (χ2n) is 6.15. The minimum atomic E-state index is 0.0940. The van der Waals surface area contributed by atoms with Gasteiger partial charge in [0.2, 0.25) is 5.91 Å². The highest BCUT2D eigenvalue weighted by atomic mass is 16.5. The van der Waals surface area contributed by atoms with Gasteiger partial charge in [0.15, 0.2) is 0 Å². The number of nitrogens with one attached hydrogen (secondary N) is 1. The number of rotatable bonds is 18. The maximum Gasteiger partial charge on any atom is 0.220 e. The molecule has 0 aliphatic rings. The standard InChI is InChI=1S/C18H34N4O3/c1-17(2)16-25-15-14-24-13-12-20-18(23)10-8-6-4-3-5-7-9-11-21-22-19/h1,3-16H2,2H3,(H,20,23). The van der Waals surface area contributed by atoms with Gasteiger partial charge in [-0.25, -0.2) is 0 Å². The highest BCUT2D eigenvalue weighted by Crippen LogP contribution is 2.08. The van der Waals surface area contributed by atoms with Gasteiger partial charge >= 0.3 is 0 Å².